The molecule has 0 aliphatic carbocycles. The molecule has 0 radical (unpaired) electrons. The van der Waals surface area contributed by atoms with Gasteiger partial charge in [0.15, 0.2) is 0 Å². The third-order valence-corrected chi connectivity index (χ3v) is 1.91. The number of esters is 1. The van der Waals surface area contributed by atoms with Gasteiger partial charge in [0.2, 0.25) is 0 Å². The van der Waals surface area contributed by atoms with Crippen molar-refractivity contribution >= 4 is 34.4 Å². The van der Waals surface area contributed by atoms with E-state index in [1.54, 1.807) is 0 Å². The van der Waals surface area contributed by atoms with E-state index in [-0.39, 0.29) is 17.3 Å². The highest BCUT2D eigenvalue weighted by atomic mass is 35.5. The molecule has 0 saturated carbocycles. The monoisotopic (exact) mass is 277 g/mol. The first-order valence-electron chi connectivity index (χ1n) is 4.98. The van der Waals surface area contributed by atoms with E-state index < -0.39 is 11.2 Å². The molecule has 0 unspecified atom stereocenters. The molecule has 0 aromatic carbocycles. The Morgan fingerprint density at radius 3 is 2.41 bits per heavy atom. The van der Waals surface area contributed by atoms with Crippen LogP contribution in [0, 0.1) is 0 Å². The molecular weight excluding hydrogens is 265 g/mol. The molecule has 0 amide bonds. The standard InChI is InChI=1S/C9H7Cl2NO3.C2H6/c1-5(13)15-4-7-2-6(9(11)14)3-8(10)12-7;1-2/h2-3H,4H2,1H3;1-2H3. The van der Waals surface area contributed by atoms with Crippen molar-refractivity contribution < 1.29 is 14.3 Å². The van der Waals surface area contributed by atoms with Crippen LogP contribution in [-0.2, 0) is 16.1 Å². The normalized spacial score (nSPS) is 9.00. The lowest BCUT2D eigenvalue weighted by atomic mass is 10.2. The minimum absolute atomic E-state index is 0.0347. The smallest absolute Gasteiger partial charge is 0.303 e. The zero-order valence-electron chi connectivity index (χ0n) is 9.79. The lowest BCUT2D eigenvalue weighted by Crippen LogP contribution is -2.02. The molecule has 1 heterocycles. The Labute approximate surface area is 110 Å². The summed E-state index contributed by atoms with van der Waals surface area (Å²) >= 11 is 10.9. The zero-order chi connectivity index (χ0) is 13.4. The molecule has 0 aliphatic rings. The van der Waals surface area contributed by atoms with Crippen LogP contribution in [0.3, 0.4) is 0 Å². The van der Waals surface area contributed by atoms with Crippen LogP contribution < -0.4 is 0 Å². The lowest BCUT2D eigenvalue weighted by molar-refractivity contribution is -0.142. The first kappa shape index (κ1) is 15.9. The van der Waals surface area contributed by atoms with E-state index in [2.05, 4.69) is 4.98 Å². The number of ether oxygens (including phenoxy) is 1. The van der Waals surface area contributed by atoms with Gasteiger partial charge in [-0.05, 0) is 23.7 Å². The van der Waals surface area contributed by atoms with Crippen LogP contribution in [0.5, 0.6) is 0 Å². The van der Waals surface area contributed by atoms with Crippen molar-refractivity contribution in [2.24, 2.45) is 0 Å². The molecule has 6 heteroatoms. The van der Waals surface area contributed by atoms with E-state index in [9.17, 15) is 9.59 Å². The fraction of sp³-hybridized carbons (Fsp3) is 0.364. The molecule has 0 fully saturated rings. The number of pyridine rings is 1. The number of carbonyl (C=O) groups is 2. The van der Waals surface area contributed by atoms with Crippen molar-refractivity contribution in [2.75, 3.05) is 0 Å². The van der Waals surface area contributed by atoms with Gasteiger partial charge in [-0.2, -0.15) is 0 Å². The van der Waals surface area contributed by atoms with Crippen LogP contribution in [0.25, 0.3) is 0 Å². The Bertz CT molecular complexity index is 408. The van der Waals surface area contributed by atoms with Crippen LogP contribution >= 0.6 is 23.2 Å². The quantitative estimate of drug-likeness (QED) is 0.484. The highest BCUT2D eigenvalue weighted by molar-refractivity contribution is 6.67. The van der Waals surface area contributed by atoms with Crippen molar-refractivity contribution in [3.8, 4) is 0 Å². The average molecular weight is 278 g/mol. The maximum absolute atomic E-state index is 10.9. The molecule has 0 spiro atoms. The van der Waals surface area contributed by atoms with Crippen molar-refractivity contribution in [1.29, 1.82) is 0 Å². The Hall–Kier alpha value is -1.13. The predicted octanol–water partition coefficient (Wildman–Crippen LogP) is 3.20. The van der Waals surface area contributed by atoms with Crippen LogP contribution in [0.4, 0.5) is 0 Å². The highest BCUT2D eigenvalue weighted by Gasteiger charge is 2.07. The third-order valence-electron chi connectivity index (χ3n) is 1.50. The van der Waals surface area contributed by atoms with Crippen LogP contribution in [0.1, 0.15) is 36.8 Å². The molecule has 0 atom stereocenters. The Morgan fingerprint density at radius 1 is 1.35 bits per heavy atom. The summed E-state index contributed by atoms with van der Waals surface area (Å²) in [6.07, 6.45) is 0. The maximum Gasteiger partial charge on any atom is 0.303 e. The van der Waals surface area contributed by atoms with E-state index in [1.807, 2.05) is 13.8 Å². The van der Waals surface area contributed by atoms with Crippen LogP contribution in [-0.4, -0.2) is 16.2 Å². The van der Waals surface area contributed by atoms with Gasteiger partial charge < -0.3 is 4.74 Å². The molecule has 1 aromatic rings. The largest absolute Gasteiger partial charge is 0.459 e. The summed E-state index contributed by atoms with van der Waals surface area (Å²) in [6.45, 7) is 5.24. The van der Waals surface area contributed by atoms with E-state index in [4.69, 9.17) is 27.9 Å². The number of halogens is 2. The summed E-state index contributed by atoms with van der Waals surface area (Å²) < 4.78 is 4.70. The summed E-state index contributed by atoms with van der Waals surface area (Å²) in [5.74, 6) is -0.435. The molecule has 0 N–H and O–H groups in total. The van der Waals surface area contributed by atoms with Gasteiger partial charge in [0.05, 0.1) is 5.69 Å². The Morgan fingerprint density at radius 2 is 1.94 bits per heavy atom. The van der Waals surface area contributed by atoms with Crippen molar-refractivity contribution in [3.05, 3.63) is 28.5 Å². The molecule has 17 heavy (non-hydrogen) atoms. The van der Waals surface area contributed by atoms with Gasteiger partial charge in [-0.15, -0.1) is 0 Å². The summed E-state index contributed by atoms with van der Waals surface area (Å²) in [4.78, 5) is 25.3. The molecule has 1 aromatic heterocycles. The zero-order valence-corrected chi connectivity index (χ0v) is 11.3. The van der Waals surface area contributed by atoms with Crippen LogP contribution in [0.15, 0.2) is 12.1 Å². The van der Waals surface area contributed by atoms with Gasteiger partial charge in [-0.1, -0.05) is 25.4 Å². The molecule has 0 aliphatic heterocycles. The first-order valence-corrected chi connectivity index (χ1v) is 5.74. The second-order valence-electron chi connectivity index (χ2n) is 2.72. The molecular formula is C11H13Cl2NO3. The third kappa shape index (κ3) is 6.24. The van der Waals surface area contributed by atoms with Crippen molar-refractivity contribution in [3.63, 3.8) is 0 Å². The Balaban J connectivity index is 0.00000121. The Kier molecular flexibility index (Phi) is 7.50. The number of rotatable bonds is 3. The topological polar surface area (TPSA) is 56.3 Å². The molecule has 0 bridgehead atoms. The predicted molar refractivity (Wildman–Crippen MR) is 66.2 cm³/mol. The van der Waals surface area contributed by atoms with Gasteiger partial charge in [0.1, 0.15) is 11.8 Å². The number of aromatic nitrogens is 1. The molecule has 0 saturated heterocycles. The molecule has 94 valence electrons. The van der Waals surface area contributed by atoms with E-state index >= 15 is 0 Å². The van der Waals surface area contributed by atoms with Gasteiger partial charge in [-0.3, -0.25) is 9.59 Å². The summed E-state index contributed by atoms with van der Waals surface area (Å²) in [5.41, 5.74) is 0.598. The minimum Gasteiger partial charge on any atom is -0.459 e. The summed E-state index contributed by atoms with van der Waals surface area (Å²) in [5, 5.41) is -0.507. The van der Waals surface area contributed by atoms with E-state index in [1.165, 1.54) is 19.1 Å². The van der Waals surface area contributed by atoms with E-state index in [0.29, 0.717) is 5.69 Å². The van der Waals surface area contributed by atoms with Crippen LogP contribution in [0.2, 0.25) is 5.15 Å². The first-order chi connectivity index (χ1) is 7.99. The molecule has 1 rings (SSSR count). The van der Waals surface area contributed by atoms with Gasteiger partial charge in [-0.25, -0.2) is 4.98 Å². The fourth-order valence-electron chi connectivity index (χ4n) is 0.914. The van der Waals surface area contributed by atoms with E-state index in [0.717, 1.165) is 0 Å². The lowest BCUT2D eigenvalue weighted by Gasteiger charge is -2.03. The van der Waals surface area contributed by atoms with Crippen molar-refractivity contribution in [2.45, 2.75) is 27.4 Å². The number of nitrogens with zero attached hydrogens (tertiary/aromatic N) is 1. The second-order valence-corrected chi connectivity index (χ2v) is 3.45. The summed E-state index contributed by atoms with van der Waals surface area (Å²) in [7, 11) is 0. The second kappa shape index (κ2) is 8.03. The summed E-state index contributed by atoms with van der Waals surface area (Å²) in [6, 6.07) is 2.76. The van der Waals surface area contributed by atoms with Gasteiger partial charge in [0, 0.05) is 12.5 Å². The molecule has 4 nitrogen and oxygen atoms in total. The van der Waals surface area contributed by atoms with Gasteiger partial charge in [0.25, 0.3) is 5.24 Å². The number of hydrogen-bond donors (Lipinski definition) is 0. The van der Waals surface area contributed by atoms with Gasteiger partial charge >= 0.3 is 5.97 Å². The van der Waals surface area contributed by atoms with Crippen molar-refractivity contribution in [1.82, 2.24) is 4.98 Å². The highest BCUT2D eigenvalue weighted by Crippen LogP contribution is 2.13. The maximum atomic E-state index is 10.9. The number of hydrogen-bond acceptors (Lipinski definition) is 4. The number of carbonyl (C=O) groups excluding carboxylic acids is 2. The average Bonchev–Trinajstić information content (AvgIpc) is 2.28. The SMILES string of the molecule is CC.CC(=O)OCc1cc(C(=O)Cl)cc(Cl)n1. The minimum atomic E-state index is -0.636. The fourth-order valence-corrected chi connectivity index (χ4v) is 1.25.